The smallest absolute Gasteiger partial charge is 0.394 e. The number of nitrogens with one attached hydrogen (secondary N) is 1. The molecule has 0 aromatic carbocycles. The first-order valence-electron chi connectivity index (χ1n) is 11.1. The van der Waals surface area contributed by atoms with Gasteiger partial charge < -0.3 is 49.7 Å². The molecule has 2 aliphatic rings. The third-order valence-corrected chi connectivity index (χ3v) is 11.0. The van der Waals surface area contributed by atoms with Gasteiger partial charge in [-0.25, -0.2) is 18.1 Å². The van der Waals surface area contributed by atoms with Gasteiger partial charge in [0.05, 0.1) is 18.5 Å². The number of aromatic nitrogens is 2. The lowest BCUT2D eigenvalue weighted by Crippen LogP contribution is -2.61. The van der Waals surface area contributed by atoms with Gasteiger partial charge in [-0.1, -0.05) is 6.58 Å². The van der Waals surface area contributed by atoms with Crippen LogP contribution in [0, 0.1) is 0 Å². The van der Waals surface area contributed by atoms with E-state index in [0.29, 0.717) is 11.8 Å². The van der Waals surface area contributed by atoms with E-state index in [0.717, 1.165) is 22.9 Å². The van der Waals surface area contributed by atoms with Crippen LogP contribution in [0.1, 0.15) is 5.37 Å². The lowest BCUT2D eigenvalue weighted by molar-refractivity contribution is -0.292. The number of phosphoric acid groups is 1. The minimum absolute atomic E-state index is 0.629. The summed E-state index contributed by atoms with van der Waals surface area (Å²) in [4.78, 5) is 45.8. The van der Waals surface area contributed by atoms with Gasteiger partial charge in [0.2, 0.25) is 0 Å². The Bertz CT molecular complexity index is 1290. The Balaban J connectivity index is 1.69. The highest BCUT2D eigenvalue weighted by Crippen LogP contribution is 2.62. The van der Waals surface area contributed by atoms with Crippen LogP contribution in [0.3, 0.4) is 0 Å². The van der Waals surface area contributed by atoms with Gasteiger partial charge in [-0.2, -0.15) is 0 Å². The third-order valence-electron chi connectivity index (χ3n) is 5.92. The van der Waals surface area contributed by atoms with Crippen molar-refractivity contribution in [3.8, 4) is 0 Å². The van der Waals surface area contributed by atoms with Crippen molar-refractivity contribution in [2.45, 2.75) is 59.2 Å². The Morgan fingerprint density at radius 2 is 1.93 bits per heavy atom. The van der Waals surface area contributed by atoms with Gasteiger partial charge in [0, 0.05) is 12.3 Å². The van der Waals surface area contributed by atoms with Crippen LogP contribution in [0.25, 0.3) is 0 Å². The predicted octanol–water partition coefficient (Wildman–Crippen LogP) is -3.07. The standard InChI is InChI=1S/C18H27FN2O15P2S2/c1-2-18(19)14(28)8(40-16(18)21-4-3-9(24)20-17(21)29)6-33-38(32,39)36-37(30,31)35-15-12(27)10(25)11(26)13(34-15)7(23)5-22/h2-4,7-8,10-16,22-23,25-28H,1,5-6H2,(H,30,31)(H,32,39)(H,20,24,29)/t7-,8+,10?,11?,12?,13?,14+,15?,16+,18+,38?/m0/s1. The molecule has 228 valence electrons. The van der Waals surface area contributed by atoms with Crippen molar-refractivity contribution < 1.29 is 67.5 Å². The Labute approximate surface area is 233 Å². The molecular weight excluding hydrogens is 629 g/mol. The highest BCUT2D eigenvalue weighted by Gasteiger charge is 2.56. The number of hydrogen-bond donors (Lipinski definition) is 9. The molecule has 2 fully saturated rings. The van der Waals surface area contributed by atoms with E-state index < -0.39 is 98.2 Å². The van der Waals surface area contributed by atoms with Crippen molar-refractivity contribution in [3.63, 3.8) is 0 Å². The number of alkyl halides is 1. The fourth-order valence-corrected chi connectivity index (χ4v) is 8.66. The monoisotopic (exact) mass is 656 g/mol. The molecule has 22 heteroatoms. The number of H-pyrrole nitrogens is 1. The molecule has 9 N–H and O–H groups in total. The van der Waals surface area contributed by atoms with E-state index in [2.05, 4.69) is 27.2 Å². The SMILES string of the molecule is C=C[C@@]1(F)[C@H](O)[C@@H](COP(O)(=S)OP(=O)(O)OC2OC([C@@H](O)CO)C(O)C(O)C2O)S[C@H]1n1ccc(=O)[nH]c1=O. The quantitative estimate of drug-likeness (QED) is 0.0845. The van der Waals surface area contributed by atoms with Crippen LogP contribution in [0.4, 0.5) is 4.39 Å². The number of aliphatic hydroxyl groups is 6. The number of halogens is 1. The summed E-state index contributed by atoms with van der Waals surface area (Å²) >= 11 is 5.30. The normalized spacial score (nSPS) is 38.3. The Morgan fingerprint density at radius 3 is 2.50 bits per heavy atom. The van der Waals surface area contributed by atoms with E-state index in [1.54, 1.807) is 0 Å². The average Bonchev–Trinajstić information content (AvgIpc) is 3.12. The molecule has 0 radical (unpaired) electrons. The van der Waals surface area contributed by atoms with Gasteiger partial charge in [-0.05, 0) is 17.9 Å². The minimum atomic E-state index is -5.50. The Hall–Kier alpha value is -0.900. The first kappa shape index (κ1) is 33.6. The maximum atomic E-state index is 15.7. The number of thioether (sulfide) groups is 1. The predicted molar refractivity (Wildman–Crippen MR) is 136 cm³/mol. The summed E-state index contributed by atoms with van der Waals surface area (Å²) in [5.74, 6) is 0. The summed E-state index contributed by atoms with van der Waals surface area (Å²) in [6.45, 7) is -3.18. The molecule has 0 aliphatic carbocycles. The molecule has 3 heterocycles. The molecule has 2 aliphatic heterocycles. The zero-order chi connectivity index (χ0) is 30.2. The van der Waals surface area contributed by atoms with Crippen LogP contribution in [0.5, 0.6) is 0 Å². The number of nitrogens with zero attached hydrogens (tertiary/aromatic N) is 1. The molecule has 0 amide bonds. The van der Waals surface area contributed by atoms with Gasteiger partial charge in [0.1, 0.15) is 42.0 Å². The Morgan fingerprint density at radius 1 is 1.27 bits per heavy atom. The van der Waals surface area contributed by atoms with Crippen LogP contribution in [-0.2, 0) is 34.5 Å². The van der Waals surface area contributed by atoms with Gasteiger partial charge in [0.25, 0.3) is 5.56 Å². The van der Waals surface area contributed by atoms with Gasteiger partial charge >= 0.3 is 20.2 Å². The molecule has 1 aromatic heterocycles. The van der Waals surface area contributed by atoms with Gasteiger partial charge in [-0.3, -0.25) is 18.9 Å². The molecule has 7 unspecified atom stereocenters. The van der Waals surface area contributed by atoms with E-state index in [4.69, 9.17) is 14.4 Å². The molecule has 1 aromatic rings. The zero-order valence-corrected chi connectivity index (χ0v) is 23.4. The van der Waals surface area contributed by atoms with Gasteiger partial charge in [0.15, 0.2) is 12.0 Å². The topological polar surface area (TPSA) is 271 Å². The first-order chi connectivity index (χ1) is 18.5. The van der Waals surface area contributed by atoms with E-state index in [-0.39, 0.29) is 0 Å². The number of ether oxygens (including phenoxy) is 1. The molecular formula is C18H27FN2O15P2S2. The van der Waals surface area contributed by atoms with E-state index in [1.165, 1.54) is 0 Å². The summed E-state index contributed by atoms with van der Waals surface area (Å²) in [6, 6.07) is 0.946. The summed E-state index contributed by atoms with van der Waals surface area (Å²) in [5, 5.41) is 56.5. The highest BCUT2D eigenvalue weighted by molar-refractivity contribution is 8.08. The molecule has 2 saturated heterocycles. The second kappa shape index (κ2) is 12.8. The van der Waals surface area contributed by atoms with Crippen LogP contribution in [0.15, 0.2) is 34.5 Å². The van der Waals surface area contributed by atoms with Crippen molar-refractivity contribution in [3.05, 3.63) is 45.8 Å². The lowest BCUT2D eigenvalue weighted by atomic mass is 9.96. The fraction of sp³-hybridized carbons (Fsp3) is 0.667. The van der Waals surface area contributed by atoms with Crippen molar-refractivity contribution in [1.29, 1.82) is 0 Å². The van der Waals surface area contributed by atoms with Crippen molar-refractivity contribution >= 4 is 38.1 Å². The van der Waals surface area contributed by atoms with Crippen LogP contribution in [0.2, 0.25) is 0 Å². The summed E-state index contributed by atoms with van der Waals surface area (Å²) < 4.78 is 47.9. The van der Waals surface area contributed by atoms with Crippen molar-refractivity contribution in [1.82, 2.24) is 9.55 Å². The fourth-order valence-electron chi connectivity index (χ4n) is 3.87. The summed E-state index contributed by atoms with van der Waals surface area (Å²) in [5.41, 5.74) is -4.39. The molecule has 0 spiro atoms. The highest BCUT2D eigenvalue weighted by atomic mass is 32.5. The molecule has 0 saturated carbocycles. The number of phosphoric ester groups is 1. The first-order valence-corrected chi connectivity index (χ1v) is 16.1. The van der Waals surface area contributed by atoms with E-state index >= 15 is 4.39 Å². The average molecular weight is 656 g/mol. The minimum Gasteiger partial charge on any atom is -0.394 e. The molecule has 3 rings (SSSR count). The molecule has 17 nitrogen and oxygen atoms in total. The van der Waals surface area contributed by atoms with Crippen molar-refractivity contribution in [2.24, 2.45) is 0 Å². The maximum absolute atomic E-state index is 15.7. The molecule has 40 heavy (non-hydrogen) atoms. The number of hydrogen-bond acceptors (Lipinski definition) is 15. The number of aromatic amines is 1. The van der Waals surface area contributed by atoms with E-state index in [9.17, 15) is 49.5 Å². The third kappa shape index (κ3) is 7.17. The summed E-state index contributed by atoms with van der Waals surface area (Å²) in [6.07, 6.45) is -12.2. The molecule has 12 atom stereocenters. The van der Waals surface area contributed by atoms with Gasteiger partial charge in [-0.15, -0.1) is 11.8 Å². The maximum Gasteiger partial charge on any atom is 0.481 e. The molecule has 0 bridgehead atoms. The lowest BCUT2D eigenvalue weighted by Gasteiger charge is -2.41. The second-order valence-electron chi connectivity index (χ2n) is 8.63. The largest absolute Gasteiger partial charge is 0.481 e. The summed E-state index contributed by atoms with van der Waals surface area (Å²) in [7, 11) is -5.50. The number of rotatable bonds is 11. The van der Waals surface area contributed by atoms with Crippen LogP contribution < -0.4 is 11.2 Å². The Kier molecular flexibility index (Phi) is 10.7. The number of aliphatic hydroxyl groups excluding tert-OH is 6. The van der Waals surface area contributed by atoms with Crippen LogP contribution >= 0.6 is 26.3 Å². The zero-order valence-electron chi connectivity index (χ0n) is 20.0. The van der Waals surface area contributed by atoms with E-state index in [1.807, 2.05) is 4.98 Å². The van der Waals surface area contributed by atoms with Crippen LogP contribution in [-0.4, -0.2) is 117 Å². The van der Waals surface area contributed by atoms with Crippen molar-refractivity contribution in [2.75, 3.05) is 13.2 Å². The second-order valence-corrected chi connectivity index (χ2v) is 14.3.